The van der Waals surface area contributed by atoms with Gasteiger partial charge >= 0.3 is 6.03 Å². The summed E-state index contributed by atoms with van der Waals surface area (Å²) in [7, 11) is 0. The zero-order valence-corrected chi connectivity index (χ0v) is 12.2. The van der Waals surface area contributed by atoms with Crippen LogP contribution < -0.4 is 10.9 Å². The zero-order valence-electron chi connectivity index (χ0n) is 12.2. The molecule has 3 rings (SSSR count). The van der Waals surface area contributed by atoms with Crippen molar-refractivity contribution in [1.82, 2.24) is 25.2 Å². The van der Waals surface area contributed by atoms with Crippen LogP contribution in [0.1, 0.15) is 13.8 Å². The first-order valence-corrected chi connectivity index (χ1v) is 6.87. The fourth-order valence-electron chi connectivity index (χ4n) is 2.39. The maximum absolute atomic E-state index is 12.3. The van der Waals surface area contributed by atoms with E-state index in [1.165, 1.54) is 0 Å². The molecule has 1 aliphatic rings. The van der Waals surface area contributed by atoms with E-state index in [0.717, 1.165) is 9.58 Å². The number of fused-ring (bicyclic) bond motifs is 1. The maximum atomic E-state index is 12.3. The highest BCUT2D eigenvalue weighted by Crippen LogP contribution is 2.16. The fraction of sp³-hybridized carbons (Fsp3) is 0.357. The van der Waals surface area contributed by atoms with Gasteiger partial charge in [0.25, 0.3) is 11.5 Å². The van der Waals surface area contributed by atoms with Gasteiger partial charge in [0, 0.05) is 0 Å². The van der Waals surface area contributed by atoms with E-state index in [4.69, 9.17) is 0 Å². The Morgan fingerprint density at radius 3 is 2.55 bits per heavy atom. The summed E-state index contributed by atoms with van der Waals surface area (Å²) in [6.45, 7) is 3.44. The third kappa shape index (κ3) is 2.22. The average molecular weight is 301 g/mol. The van der Waals surface area contributed by atoms with Gasteiger partial charge in [0.1, 0.15) is 11.1 Å². The third-order valence-corrected chi connectivity index (χ3v) is 3.61. The van der Waals surface area contributed by atoms with Crippen LogP contribution in [0.2, 0.25) is 0 Å². The number of carbonyl (C=O) groups is 2. The van der Waals surface area contributed by atoms with Crippen LogP contribution in [0.25, 0.3) is 10.9 Å². The molecular weight excluding hydrogens is 286 g/mol. The van der Waals surface area contributed by atoms with Crippen LogP contribution in [0, 0.1) is 0 Å². The molecular formula is C14H15N5O3. The Labute approximate surface area is 125 Å². The highest BCUT2D eigenvalue weighted by atomic mass is 16.2. The minimum Gasteiger partial charge on any atom is -0.324 e. The number of rotatable bonds is 3. The van der Waals surface area contributed by atoms with Gasteiger partial charge in [0.2, 0.25) is 0 Å². The molecule has 114 valence electrons. The van der Waals surface area contributed by atoms with E-state index in [-0.39, 0.29) is 24.6 Å². The van der Waals surface area contributed by atoms with Gasteiger partial charge in [-0.3, -0.25) is 14.5 Å². The number of hydrogen-bond donors (Lipinski definition) is 1. The summed E-state index contributed by atoms with van der Waals surface area (Å²) in [5.41, 5.74) is -0.700. The van der Waals surface area contributed by atoms with Gasteiger partial charge in [-0.2, -0.15) is 0 Å². The quantitative estimate of drug-likeness (QED) is 0.812. The molecule has 2 aromatic rings. The van der Waals surface area contributed by atoms with Crippen LogP contribution in [0.4, 0.5) is 4.79 Å². The topological polar surface area (TPSA) is 97.2 Å². The summed E-state index contributed by atoms with van der Waals surface area (Å²) in [6.07, 6.45) is 0. The van der Waals surface area contributed by atoms with Crippen LogP contribution in [0.15, 0.2) is 29.1 Å². The molecule has 0 unspecified atom stereocenters. The molecule has 1 saturated heterocycles. The molecule has 0 atom stereocenters. The van der Waals surface area contributed by atoms with Crippen molar-refractivity contribution < 1.29 is 9.59 Å². The highest BCUT2D eigenvalue weighted by molar-refractivity contribution is 6.06. The molecule has 0 bridgehead atoms. The minimum atomic E-state index is -0.920. The van der Waals surface area contributed by atoms with Crippen LogP contribution in [-0.4, -0.2) is 43.9 Å². The molecule has 0 aliphatic carbocycles. The van der Waals surface area contributed by atoms with Gasteiger partial charge in [-0.25, -0.2) is 9.48 Å². The van der Waals surface area contributed by atoms with Crippen molar-refractivity contribution in [2.24, 2.45) is 0 Å². The molecule has 1 aliphatic heterocycles. The van der Waals surface area contributed by atoms with Crippen LogP contribution in [0.5, 0.6) is 0 Å². The van der Waals surface area contributed by atoms with E-state index >= 15 is 0 Å². The molecule has 1 aromatic heterocycles. The Hall–Kier alpha value is -2.77. The molecule has 1 fully saturated rings. The van der Waals surface area contributed by atoms with Crippen molar-refractivity contribution in [3.63, 3.8) is 0 Å². The van der Waals surface area contributed by atoms with Crippen molar-refractivity contribution in [1.29, 1.82) is 0 Å². The van der Waals surface area contributed by atoms with Gasteiger partial charge in [0.15, 0.2) is 0 Å². The summed E-state index contributed by atoms with van der Waals surface area (Å²) in [5, 5.41) is 10.8. The second-order valence-corrected chi connectivity index (χ2v) is 5.65. The molecule has 1 aromatic carbocycles. The highest BCUT2D eigenvalue weighted by Gasteiger charge is 2.43. The van der Waals surface area contributed by atoms with Crippen LogP contribution >= 0.6 is 0 Å². The summed E-state index contributed by atoms with van der Waals surface area (Å²) in [5.74, 6) is -0.320. The Morgan fingerprint density at radius 2 is 1.86 bits per heavy atom. The molecule has 8 heteroatoms. The first-order valence-electron chi connectivity index (χ1n) is 6.87. The first-order chi connectivity index (χ1) is 10.4. The van der Waals surface area contributed by atoms with Gasteiger partial charge < -0.3 is 5.32 Å². The monoisotopic (exact) mass is 301 g/mol. The summed E-state index contributed by atoms with van der Waals surface area (Å²) >= 11 is 0. The lowest BCUT2D eigenvalue weighted by atomic mass is 10.1. The largest absolute Gasteiger partial charge is 0.325 e. The van der Waals surface area contributed by atoms with Gasteiger partial charge in [-0.1, -0.05) is 17.3 Å². The fourth-order valence-corrected chi connectivity index (χ4v) is 2.39. The maximum Gasteiger partial charge on any atom is 0.325 e. The molecule has 0 saturated carbocycles. The third-order valence-electron chi connectivity index (χ3n) is 3.61. The Balaban J connectivity index is 1.83. The second-order valence-electron chi connectivity index (χ2n) is 5.65. The summed E-state index contributed by atoms with van der Waals surface area (Å²) < 4.78 is 1.16. The van der Waals surface area contributed by atoms with E-state index in [9.17, 15) is 14.4 Å². The average Bonchev–Trinajstić information content (AvgIpc) is 2.68. The van der Waals surface area contributed by atoms with Crippen molar-refractivity contribution in [2.75, 3.05) is 6.54 Å². The number of amides is 3. The van der Waals surface area contributed by atoms with Crippen molar-refractivity contribution in [3.05, 3.63) is 34.6 Å². The molecule has 8 nitrogen and oxygen atoms in total. The molecule has 1 N–H and O–H groups in total. The second kappa shape index (κ2) is 4.90. The number of hydrogen-bond acceptors (Lipinski definition) is 5. The number of urea groups is 1. The van der Waals surface area contributed by atoms with Crippen LogP contribution in [0.3, 0.4) is 0 Å². The number of benzene rings is 1. The number of carbonyl (C=O) groups excluding carboxylic acids is 2. The number of imide groups is 1. The number of nitrogens with zero attached hydrogens (tertiary/aromatic N) is 4. The standard InChI is InChI=1S/C14H15N5O3/c1-14(2)12(21)18(13(22)15-14)7-8-19-11(20)9-5-3-4-6-10(9)16-17-19/h3-6H,7-8H2,1-2H3,(H,15,22). The van der Waals surface area contributed by atoms with Crippen molar-refractivity contribution >= 4 is 22.8 Å². The van der Waals surface area contributed by atoms with Gasteiger partial charge in [-0.15, -0.1) is 5.10 Å². The molecule has 0 radical (unpaired) electrons. The zero-order chi connectivity index (χ0) is 15.9. The van der Waals surface area contributed by atoms with Crippen molar-refractivity contribution in [2.45, 2.75) is 25.9 Å². The minimum absolute atomic E-state index is 0.0705. The predicted octanol–water partition coefficient (Wildman–Crippen LogP) is 0.122. The molecule has 22 heavy (non-hydrogen) atoms. The lowest BCUT2D eigenvalue weighted by molar-refractivity contribution is -0.130. The van der Waals surface area contributed by atoms with E-state index in [1.54, 1.807) is 38.1 Å². The van der Waals surface area contributed by atoms with Gasteiger partial charge in [0.05, 0.1) is 18.5 Å². The normalized spacial score (nSPS) is 17.1. The first kappa shape index (κ1) is 14.2. The molecule has 0 spiro atoms. The summed E-state index contributed by atoms with van der Waals surface area (Å²) in [6, 6.07) is 6.43. The Morgan fingerprint density at radius 1 is 1.14 bits per heavy atom. The van der Waals surface area contributed by atoms with E-state index in [0.29, 0.717) is 10.9 Å². The number of aromatic nitrogens is 3. The van der Waals surface area contributed by atoms with Gasteiger partial charge in [-0.05, 0) is 26.0 Å². The smallest absolute Gasteiger partial charge is 0.324 e. The van der Waals surface area contributed by atoms with E-state index < -0.39 is 11.6 Å². The summed E-state index contributed by atoms with van der Waals surface area (Å²) in [4.78, 5) is 37.2. The molecule has 3 amide bonds. The van der Waals surface area contributed by atoms with E-state index in [1.807, 2.05) is 0 Å². The lowest BCUT2D eigenvalue weighted by Crippen LogP contribution is -2.41. The lowest BCUT2D eigenvalue weighted by Gasteiger charge is -2.15. The Bertz CT molecular complexity index is 827. The molecule has 2 heterocycles. The van der Waals surface area contributed by atoms with Crippen LogP contribution in [-0.2, 0) is 11.3 Å². The number of nitrogens with one attached hydrogen (secondary N) is 1. The Kier molecular flexibility index (Phi) is 3.16. The predicted molar refractivity (Wildman–Crippen MR) is 78.1 cm³/mol. The SMILES string of the molecule is CC1(C)NC(=O)N(CCn2nnc3ccccc3c2=O)C1=O. The van der Waals surface area contributed by atoms with E-state index in [2.05, 4.69) is 15.6 Å². The van der Waals surface area contributed by atoms with Crippen molar-refractivity contribution in [3.8, 4) is 0 Å².